The van der Waals surface area contributed by atoms with Crippen LogP contribution in [0.3, 0.4) is 0 Å². The number of nitrogens with one attached hydrogen (secondary N) is 1. The summed E-state index contributed by atoms with van der Waals surface area (Å²) in [7, 11) is 1.86. The van der Waals surface area contributed by atoms with Gasteiger partial charge < -0.3 is 5.32 Å². The number of ketones is 1. The maximum Gasteiger partial charge on any atom is 0.295 e. The number of aromatic nitrogens is 2. The van der Waals surface area contributed by atoms with Crippen molar-refractivity contribution in [3.63, 3.8) is 0 Å². The first-order valence-corrected chi connectivity index (χ1v) is 9.44. The lowest BCUT2D eigenvalue weighted by Gasteiger charge is -2.23. The molecule has 4 rings (SSSR count). The van der Waals surface area contributed by atoms with Crippen LogP contribution in [0.1, 0.15) is 30.0 Å². The normalized spacial score (nSPS) is 16.7. The molecule has 0 saturated carbocycles. The van der Waals surface area contributed by atoms with Crippen LogP contribution in [0.15, 0.2) is 77.2 Å². The van der Waals surface area contributed by atoms with Gasteiger partial charge in [0.05, 0.1) is 11.4 Å². The number of benzene rings is 2. The number of anilines is 1. The maximum absolute atomic E-state index is 13.1. The number of nitrogens with zero attached hydrogens (tertiary/aromatic N) is 2. The third kappa shape index (κ3) is 3.31. The Balaban J connectivity index is 1.66. The van der Waals surface area contributed by atoms with E-state index in [0.29, 0.717) is 18.5 Å². The molecule has 28 heavy (non-hydrogen) atoms. The number of carbonyl (C=O) groups is 1. The molecule has 1 atom stereocenters. The van der Waals surface area contributed by atoms with E-state index in [4.69, 9.17) is 0 Å². The Morgan fingerprint density at radius 1 is 0.929 bits per heavy atom. The summed E-state index contributed by atoms with van der Waals surface area (Å²) >= 11 is 0. The zero-order chi connectivity index (χ0) is 19.7. The number of para-hydroxylation sites is 1. The highest BCUT2D eigenvalue weighted by Gasteiger charge is 2.24. The second-order valence-corrected chi connectivity index (χ2v) is 7.21. The van der Waals surface area contributed by atoms with E-state index in [1.807, 2.05) is 67.2 Å². The largest absolute Gasteiger partial charge is 0.353 e. The molecule has 0 saturated heterocycles. The minimum Gasteiger partial charge on any atom is -0.353 e. The average Bonchev–Trinajstić information content (AvgIpc) is 2.92. The van der Waals surface area contributed by atoms with E-state index < -0.39 is 0 Å². The second-order valence-electron chi connectivity index (χ2n) is 7.21. The summed E-state index contributed by atoms with van der Waals surface area (Å²) in [6.45, 7) is 1.91. The molecule has 1 aromatic heterocycles. The molecule has 1 aliphatic rings. The summed E-state index contributed by atoms with van der Waals surface area (Å²) in [5, 5.41) is 3.26. The van der Waals surface area contributed by atoms with Crippen LogP contribution < -0.4 is 10.9 Å². The molecule has 0 fully saturated rings. The Bertz CT molecular complexity index is 1090. The van der Waals surface area contributed by atoms with Crippen molar-refractivity contribution in [2.75, 3.05) is 5.32 Å². The zero-order valence-corrected chi connectivity index (χ0v) is 16.1. The van der Waals surface area contributed by atoms with Crippen molar-refractivity contribution < 1.29 is 4.79 Å². The lowest BCUT2D eigenvalue weighted by atomic mass is 9.85. The van der Waals surface area contributed by atoms with Crippen LogP contribution in [0.4, 0.5) is 5.69 Å². The van der Waals surface area contributed by atoms with Gasteiger partial charge in [0.1, 0.15) is 5.69 Å². The van der Waals surface area contributed by atoms with Gasteiger partial charge in [-0.2, -0.15) is 0 Å². The first-order valence-electron chi connectivity index (χ1n) is 9.44. The molecule has 0 unspecified atom stereocenters. The van der Waals surface area contributed by atoms with Crippen LogP contribution in [0.5, 0.6) is 0 Å². The van der Waals surface area contributed by atoms with Gasteiger partial charge in [-0.25, -0.2) is 4.68 Å². The van der Waals surface area contributed by atoms with Gasteiger partial charge in [-0.05, 0) is 37.0 Å². The third-order valence-electron chi connectivity index (χ3n) is 5.36. The van der Waals surface area contributed by atoms with Crippen molar-refractivity contribution in [1.29, 1.82) is 0 Å². The van der Waals surface area contributed by atoms with Gasteiger partial charge in [-0.3, -0.25) is 14.3 Å². The van der Waals surface area contributed by atoms with Crippen LogP contribution >= 0.6 is 0 Å². The van der Waals surface area contributed by atoms with Crippen LogP contribution in [-0.2, 0) is 11.8 Å². The monoisotopic (exact) mass is 373 g/mol. The minimum absolute atomic E-state index is 0.0829. The van der Waals surface area contributed by atoms with Gasteiger partial charge in [0.25, 0.3) is 5.56 Å². The fourth-order valence-corrected chi connectivity index (χ4v) is 3.81. The van der Waals surface area contributed by atoms with Gasteiger partial charge in [0.15, 0.2) is 5.78 Å². The highest BCUT2D eigenvalue weighted by molar-refractivity contribution is 5.92. The molecule has 0 aliphatic heterocycles. The van der Waals surface area contributed by atoms with E-state index >= 15 is 0 Å². The molecule has 1 aliphatic carbocycles. The Kier molecular flexibility index (Phi) is 4.74. The molecule has 2 aromatic carbocycles. The van der Waals surface area contributed by atoms with Gasteiger partial charge in [-0.15, -0.1) is 0 Å². The smallest absolute Gasteiger partial charge is 0.295 e. The summed E-state index contributed by atoms with van der Waals surface area (Å²) in [6.07, 6.45) is 2.84. The van der Waals surface area contributed by atoms with E-state index in [2.05, 4.69) is 17.4 Å². The lowest BCUT2D eigenvalue weighted by molar-refractivity contribution is -0.115. The first-order chi connectivity index (χ1) is 13.5. The Hall–Kier alpha value is -3.34. The van der Waals surface area contributed by atoms with E-state index in [0.717, 1.165) is 22.6 Å². The third-order valence-corrected chi connectivity index (χ3v) is 5.36. The van der Waals surface area contributed by atoms with E-state index in [9.17, 15) is 9.59 Å². The minimum atomic E-state index is -0.124. The van der Waals surface area contributed by atoms with Gasteiger partial charge in [-0.1, -0.05) is 48.5 Å². The summed E-state index contributed by atoms with van der Waals surface area (Å²) in [4.78, 5) is 25.4. The van der Waals surface area contributed by atoms with Crippen LogP contribution in [-0.4, -0.2) is 15.1 Å². The molecular weight excluding hydrogens is 350 g/mol. The highest BCUT2D eigenvalue weighted by Crippen LogP contribution is 2.32. The first kappa shape index (κ1) is 18.0. The van der Waals surface area contributed by atoms with Crippen LogP contribution in [0, 0.1) is 6.92 Å². The molecule has 5 heteroatoms. The summed E-state index contributed by atoms with van der Waals surface area (Å²) in [5.41, 5.74) is 3.96. The Morgan fingerprint density at radius 3 is 2.25 bits per heavy atom. The van der Waals surface area contributed by atoms with Crippen molar-refractivity contribution in [2.45, 2.75) is 25.7 Å². The van der Waals surface area contributed by atoms with E-state index in [1.54, 1.807) is 10.8 Å². The summed E-state index contributed by atoms with van der Waals surface area (Å²) in [6, 6.07) is 19.6. The predicted molar refractivity (Wildman–Crippen MR) is 111 cm³/mol. The van der Waals surface area contributed by atoms with Crippen molar-refractivity contribution in [2.24, 2.45) is 7.05 Å². The van der Waals surface area contributed by atoms with Crippen molar-refractivity contribution in [3.8, 4) is 5.69 Å². The van der Waals surface area contributed by atoms with Crippen LogP contribution in [0.25, 0.3) is 5.69 Å². The van der Waals surface area contributed by atoms with Gasteiger partial charge in [0, 0.05) is 25.2 Å². The quantitative estimate of drug-likeness (QED) is 0.754. The molecule has 5 nitrogen and oxygen atoms in total. The molecule has 0 bridgehead atoms. The molecule has 142 valence electrons. The number of allylic oxidation sites excluding steroid dienone is 2. The van der Waals surface area contributed by atoms with E-state index in [1.165, 1.54) is 0 Å². The van der Waals surface area contributed by atoms with Crippen molar-refractivity contribution in [1.82, 2.24) is 9.36 Å². The van der Waals surface area contributed by atoms with Gasteiger partial charge in [0.2, 0.25) is 0 Å². The predicted octanol–water partition coefficient (Wildman–Crippen LogP) is 3.93. The van der Waals surface area contributed by atoms with Crippen molar-refractivity contribution >= 4 is 11.5 Å². The molecular formula is C23H23N3O2. The standard InChI is InChI=1S/C23H23N3O2/c1-16-22(23(28)26(25(16)2)20-11-7-4-8-12-20)24-19-13-18(14-21(27)15-19)17-9-5-3-6-10-17/h3-12,15,18,24H,13-14H2,1-2H3/t18-/m1/s1. The van der Waals surface area contributed by atoms with Gasteiger partial charge >= 0.3 is 0 Å². The summed E-state index contributed by atoms with van der Waals surface area (Å²) < 4.78 is 3.47. The number of rotatable bonds is 4. The molecule has 1 N–H and O–H groups in total. The number of hydrogen-bond donors (Lipinski definition) is 1. The summed E-state index contributed by atoms with van der Waals surface area (Å²) in [5.74, 6) is 0.209. The topological polar surface area (TPSA) is 56.0 Å². The number of carbonyl (C=O) groups excluding carboxylic acids is 1. The molecule has 0 spiro atoms. The van der Waals surface area contributed by atoms with E-state index in [-0.39, 0.29) is 17.3 Å². The second kappa shape index (κ2) is 7.35. The Morgan fingerprint density at radius 2 is 1.57 bits per heavy atom. The molecule has 3 aromatic rings. The molecule has 0 radical (unpaired) electrons. The molecule has 1 heterocycles. The zero-order valence-electron chi connectivity index (χ0n) is 16.1. The molecule has 0 amide bonds. The fourth-order valence-electron chi connectivity index (χ4n) is 3.81. The lowest BCUT2D eigenvalue weighted by Crippen LogP contribution is -2.22. The fraction of sp³-hybridized carbons (Fsp3) is 0.217. The van der Waals surface area contributed by atoms with Crippen LogP contribution in [0.2, 0.25) is 0 Å². The number of hydrogen-bond acceptors (Lipinski definition) is 3. The Labute approximate surface area is 163 Å². The van der Waals surface area contributed by atoms with Crippen molar-refractivity contribution in [3.05, 3.63) is 94.0 Å². The maximum atomic E-state index is 13.1. The average molecular weight is 373 g/mol. The SMILES string of the molecule is Cc1c(NC2=CC(=O)C[C@H](c3ccccc3)C2)c(=O)n(-c2ccccc2)n1C. The highest BCUT2D eigenvalue weighted by atomic mass is 16.1.